The number of carbonyl (C=O) groups excluding carboxylic acids is 1. The van der Waals surface area contributed by atoms with Crippen molar-refractivity contribution in [2.45, 2.75) is 6.42 Å². The summed E-state index contributed by atoms with van der Waals surface area (Å²) < 4.78 is 11.0. The summed E-state index contributed by atoms with van der Waals surface area (Å²) in [6.07, 6.45) is 6.12. The number of methoxy groups -OCH3 is 2. The molecule has 0 saturated carbocycles. The second-order valence-electron chi connectivity index (χ2n) is 8.82. The number of anilines is 2. The molecule has 2 aliphatic rings. The first-order chi connectivity index (χ1) is 17.9. The fourth-order valence-corrected chi connectivity index (χ4v) is 5.42. The molecule has 1 fully saturated rings. The van der Waals surface area contributed by atoms with Crippen molar-refractivity contribution in [3.8, 4) is 11.5 Å². The minimum absolute atomic E-state index is 0.00425. The number of aromatic nitrogens is 2. The quantitative estimate of drug-likeness (QED) is 0.474. The summed E-state index contributed by atoms with van der Waals surface area (Å²) in [6, 6.07) is 1.69. The van der Waals surface area contributed by atoms with Crippen LogP contribution in [0, 0.1) is 0 Å². The molecule has 1 amide bonds. The molecule has 198 valence electrons. The van der Waals surface area contributed by atoms with E-state index >= 15 is 0 Å². The minimum atomic E-state index is -0.00425. The van der Waals surface area contributed by atoms with Crippen molar-refractivity contribution in [2.24, 2.45) is 0 Å². The van der Waals surface area contributed by atoms with Crippen LogP contribution in [0.4, 0.5) is 11.8 Å². The molecule has 1 aromatic carbocycles. The number of piperazine rings is 1. The summed E-state index contributed by atoms with van der Waals surface area (Å²) in [5.41, 5.74) is 2.48. The molecule has 0 radical (unpaired) electrons. The third kappa shape index (κ3) is 5.79. The van der Waals surface area contributed by atoms with E-state index in [-0.39, 0.29) is 5.91 Å². The van der Waals surface area contributed by atoms with Crippen LogP contribution in [-0.2, 0) is 4.79 Å². The standard InChI is InChI=1S/C26H32Cl2N6O3/c1-5-21(35)33-11-9-32(10-12-33)7-6-8-34-16-18(13-17-15-30-26(29-2)31-25(17)34)22-23(27)19(36-3)14-20(37-4)24(22)28/h5,13-15H,1,6-12,16H2,2-4H3,(H,29,30,31). The highest BCUT2D eigenvalue weighted by atomic mass is 35.5. The second-order valence-corrected chi connectivity index (χ2v) is 9.58. The number of halogens is 2. The molecule has 0 unspecified atom stereocenters. The zero-order chi connectivity index (χ0) is 26.5. The van der Waals surface area contributed by atoms with E-state index in [0.29, 0.717) is 39.6 Å². The summed E-state index contributed by atoms with van der Waals surface area (Å²) in [7, 11) is 4.93. The summed E-state index contributed by atoms with van der Waals surface area (Å²) in [5, 5.41) is 3.89. The van der Waals surface area contributed by atoms with Crippen LogP contribution in [0.15, 0.2) is 24.9 Å². The van der Waals surface area contributed by atoms with Crippen molar-refractivity contribution >= 4 is 52.5 Å². The lowest BCUT2D eigenvalue weighted by Gasteiger charge is -2.35. The molecule has 1 saturated heterocycles. The molecule has 0 aliphatic carbocycles. The highest BCUT2D eigenvalue weighted by molar-refractivity contribution is 6.39. The Bertz CT molecular complexity index is 1170. The van der Waals surface area contributed by atoms with Crippen LogP contribution >= 0.6 is 23.2 Å². The molecule has 2 aromatic rings. The van der Waals surface area contributed by atoms with Crippen molar-refractivity contribution in [1.82, 2.24) is 19.8 Å². The van der Waals surface area contributed by atoms with Gasteiger partial charge in [0, 0.05) is 69.7 Å². The number of nitrogens with zero attached hydrogens (tertiary/aromatic N) is 5. The molecule has 0 spiro atoms. The fraction of sp³-hybridized carbons (Fsp3) is 0.423. The van der Waals surface area contributed by atoms with Gasteiger partial charge in [0.2, 0.25) is 11.9 Å². The number of fused-ring (bicyclic) bond motifs is 1. The lowest BCUT2D eigenvalue weighted by molar-refractivity contribution is -0.127. The van der Waals surface area contributed by atoms with Gasteiger partial charge in [-0.3, -0.25) is 9.69 Å². The predicted octanol–water partition coefficient (Wildman–Crippen LogP) is 3.92. The molecule has 9 nitrogen and oxygen atoms in total. The number of hydrogen-bond donors (Lipinski definition) is 1. The van der Waals surface area contributed by atoms with Gasteiger partial charge in [0.25, 0.3) is 0 Å². The van der Waals surface area contributed by atoms with Crippen LogP contribution in [0.25, 0.3) is 11.6 Å². The van der Waals surface area contributed by atoms with Gasteiger partial charge in [0.05, 0.1) is 24.3 Å². The van der Waals surface area contributed by atoms with E-state index in [9.17, 15) is 4.79 Å². The first kappa shape index (κ1) is 27.0. The average Bonchev–Trinajstić information content (AvgIpc) is 2.93. The smallest absolute Gasteiger partial charge is 0.246 e. The van der Waals surface area contributed by atoms with Gasteiger partial charge in [-0.1, -0.05) is 29.8 Å². The Morgan fingerprint density at radius 1 is 1.14 bits per heavy atom. The van der Waals surface area contributed by atoms with E-state index in [2.05, 4.69) is 26.7 Å². The van der Waals surface area contributed by atoms with E-state index in [0.717, 1.165) is 62.6 Å². The third-order valence-corrected chi connectivity index (χ3v) is 7.42. The molecular formula is C26H32Cl2N6O3. The van der Waals surface area contributed by atoms with Gasteiger partial charge in [-0.2, -0.15) is 4.98 Å². The SMILES string of the molecule is C=CC(=O)N1CCN(CCCN2CC(c3c(Cl)c(OC)cc(OC)c3Cl)=Cc3cnc(NC)nc32)CC1. The molecule has 37 heavy (non-hydrogen) atoms. The molecule has 2 aliphatic heterocycles. The molecule has 11 heteroatoms. The van der Waals surface area contributed by atoms with Gasteiger partial charge < -0.3 is 24.6 Å². The summed E-state index contributed by atoms with van der Waals surface area (Å²) in [6.45, 7) is 8.97. The second kappa shape index (κ2) is 12.0. The Morgan fingerprint density at radius 3 is 2.41 bits per heavy atom. The summed E-state index contributed by atoms with van der Waals surface area (Å²) in [5.74, 6) is 2.39. The molecule has 1 N–H and O–H groups in total. The van der Waals surface area contributed by atoms with Gasteiger partial charge in [0.1, 0.15) is 17.3 Å². The zero-order valence-corrected chi connectivity index (χ0v) is 22.9. The van der Waals surface area contributed by atoms with Gasteiger partial charge in [-0.05, 0) is 30.7 Å². The Hall–Kier alpha value is -3.01. The monoisotopic (exact) mass is 546 g/mol. The number of benzene rings is 1. The van der Waals surface area contributed by atoms with E-state index in [1.807, 2.05) is 11.0 Å². The van der Waals surface area contributed by atoms with Gasteiger partial charge in [-0.15, -0.1) is 0 Å². The summed E-state index contributed by atoms with van der Waals surface area (Å²) >= 11 is 13.5. The molecule has 1 aromatic heterocycles. The fourth-order valence-electron chi connectivity index (χ4n) is 4.68. The zero-order valence-electron chi connectivity index (χ0n) is 21.4. The molecule has 0 atom stereocenters. The number of carbonyl (C=O) groups is 1. The van der Waals surface area contributed by atoms with E-state index in [4.69, 9.17) is 37.7 Å². The van der Waals surface area contributed by atoms with E-state index in [1.54, 1.807) is 33.5 Å². The van der Waals surface area contributed by atoms with Crippen LogP contribution < -0.4 is 19.7 Å². The molecule has 0 bridgehead atoms. The first-order valence-corrected chi connectivity index (χ1v) is 12.9. The van der Waals surface area contributed by atoms with Crippen LogP contribution in [0.1, 0.15) is 17.5 Å². The third-order valence-electron chi connectivity index (χ3n) is 6.67. The van der Waals surface area contributed by atoms with Crippen LogP contribution in [0.3, 0.4) is 0 Å². The van der Waals surface area contributed by atoms with Crippen molar-refractivity contribution in [2.75, 3.05) is 77.3 Å². The van der Waals surface area contributed by atoms with Crippen LogP contribution in [0.2, 0.25) is 10.0 Å². The number of hydrogen-bond acceptors (Lipinski definition) is 8. The maximum atomic E-state index is 11.9. The average molecular weight is 547 g/mol. The Kier molecular flexibility index (Phi) is 8.79. The minimum Gasteiger partial charge on any atom is -0.495 e. The van der Waals surface area contributed by atoms with E-state index < -0.39 is 0 Å². The van der Waals surface area contributed by atoms with Gasteiger partial charge in [0.15, 0.2) is 0 Å². The van der Waals surface area contributed by atoms with Crippen molar-refractivity contribution in [1.29, 1.82) is 0 Å². The molecule has 4 rings (SSSR count). The van der Waals surface area contributed by atoms with Crippen molar-refractivity contribution in [3.05, 3.63) is 46.1 Å². The largest absolute Gasteiger partial charge is 0.495 e. The number of amides is 1. The normalized spacial score (nSPS) is 15.6. The molecular weight excluding hydrogens is 515 g/mol. The first-order valence-electron chi connectivity index (χ1n) is 12.1. The lowest BCUT2D eigenvalue weighted by Crippen LogP contribution is -2.48. The number of ether oxygens (including phenoxy) is 2. The van der Waals surface area contributed by atoms with Gasteiger partial charge in [-0.25, -0.2) is 4.98 Å². The lowest BCUT2D eigenvalue weighted by atomic mass is 9.98. The Balaban J connectivity index is 1.55. The van der Waals surface area contributed by atoms with Crippen LogP contribution in [-0.4, -0.2) is 92.8 Å². The summed E-state index contributed by atoms with van der Waals surface area (Å²) in [4.78, 5) is 27.5. The van der Waals surface area contributed by atoms with Crippen LogP contribution in [0.5, 0.6) is 11.5 Å². The Morgan fingerprint density at radius 2 is 1.81 bits per heavy atom. The number of nitrogens with one attached hydrogen (secondary N) is 1. The van der Waals surface area contributed by atoms with Gasteiger partial charge >= 0.3 is 0 Å². The highest BCUT2D eigenvalue weighted by Gasteiger charge is 2.27. The maximum absolute atomic E-state index is 11.9. The number of rotatable bonds is 9. The van der Waals surface area contributed by atoms with Crippen molar-refractivity contribution in [3.63, 3.8) is 0 Å². The Labute approximate surface area is 227 Å². The predicted molar refractivity (Wildman–Crippen MR) is 149 cm³/mol. The molecule has 3 heterocycles. The highest BCUT2D eigenvalue weighted by Crippen LogP contribution is 2.45. The maximum Gasteiger partial charge on any atom is 0.246 e. The topological polar surface area (TPSA) is 83.1 Å². The van der Waals surface area contributed by atoms with Crippen molar-refractivity contribution < 1.29 is 14.3 Å². The van der Waals surface area contributed by atoms with E-state index in [1.165, 1.54) is 6.08 Å².